The number of carbonyl (C=O) groups is 1. The quantitative estimate of drug-likeness (QED) is 0.659. The molecule has 0 aromatic carbocycles. The molecule has 0 aromatic rings. The van der Waals surface area contributed by atoms with Crippen LogP contribution in [0.4, 0.5) is 0 Å². The molecule has 0 rings (SSSR count). The van der Waals surface area contributed by atoms with Gasteiger partial charge in [-0.3, -0.25) is 4.79 Å². The van der Waals surface area contributed by atoms with Crippen LogP contribution in [0.1, 0.15) is 34.1 Å². The molecule has 0 saturated carbocycles. The van der Waals surface area contributed by atoms with Gasteiger partial charge in [-0.2, -0.15) is 0 Å². The average Bonchev–Trinajstić information content (AvgIpc) is 2.13. The van der Waals surface area contributed by atoms with Gasteiger partial charge in [-0.15, -0.1) is 0 Å². The van der Waals surface area contributed by atoms with Crippen molar-refractivity contribution in [1.29, 1.82) is 0 Å². The van der Waals surface area contributed by atoms with Crippen molar-refractivity contribution in [2.24, 2.45) is 11.8 Å². The highest BCUT2D eigenvalue weighted by molar-refractivity contribution is 5.76. The first kappa shape index (κ1) is 15.4. The van der Waals surface area contributed by atoms with E-state index in [0.29, 0.717) is 24.9 Å². The zero-order chi connectivity index (χ0) is 12.6. The van der Waals surface area contributed by atoms with E-state index in [0.717, 1.165) is 0 Å². The first-order chi connectivity index (χ1) is 7.41. The summed E-state index contributed by atoms with van der Waals surface area (Å²) in [5.74, 6) is 0.787. The smallest absolute Gasteiger partial charge is 0.220 e. The summed E-state index contributed by atoms with van der Waals surface area (Å²) in [6, 6.07) is 0. The molecule has 0 aliphatic carbocycles. The molecule has 0 radical (unpaired) electrons. The van der Waals surface area contributed by atoms with Crippen molar-refractivity contribution in [2.75, 3.05) is 19.8 Å². The van der Waals surface area contributed by atoms with E-state index in [1.165, 1.54) is 0 Å². The monoisotopic (exact) mass is 231 g/mol. The van der Waals surface area contributed by atoms with Gasteiger partial charge in [0.1, 0.15) is 0 Å². The summed E-state index contributed by atoms with van der Waals surface area (Å²) >= 11 is 0. The van der Waals surface area contributed by atoms with Gasteiger partial charge < -0.3 is 15.2 Å². The van der Waals surface area contributed by atoms with Gasteiger partial charge in [0.2, 0.25) is 5.91 Å². The van der Waals surface area contributed by atoms with Crippen LogP contribution >= 0.6 is 0 Å². The van der Waals surface area contributed by atoms with Crippen LogP contribution in [0.15, 0.2) is 0 Å². The van der Waals surface area contributed by atoms with Crippen LogP contribution in [0.2, 0.25) is 0 Å². The molecule has 96 valence electrons. The van der Waals surface area contributed by atoms with Gasteiger partial charge in [-0.1, -0.05) is 27.7 Å². The SMILES string of the molecule is CC(C)COCC(O)CNC(=O)CC(C)C. The number of hydrogen-bond acceptors (Lipinski definition) is 3. The number of amides is 1. The van der Waals surface area contributed by atoms with Crippen LogP contribution in [0.5, 0.6) is 0 Å². The molecule has 0 heterocycles. The van der Waals surface area contributed by atoms with E-state index in [-0.39, 0.29) is 19.1 Å². The van der Waals surface area contributed by atoms with E-state index in [9.17, 15) is 9.90 Å². The van der Waals surface area contributed by atoms with Crippen molar-refractivity contribution >= 4 is 5.91 Å². The molecule has 1 amide bonds. The largest absolute Gasteiger partial charge is 0.389 e. The first-order valence-electron chi connectivity index (χ1n) is 5.94. The Hall–Kier alpha value is -0.610. The summed E-state index contributed by atoms with van der Waals surface area (Å²) in [5.41, 5.74) is 0. The predicted molar refractivity (Wildman–Crippen MR) is 64.1 cm³/mol. The number of aliphatic hydroxyl groups excluding tert-OH is 1. The fourth-order valence-electron chi connectivity index (χ4n) is 1.17. The van der Waals surface area contributed by atoms with Gasteiger partial charge in [0.25, 0.3) is 0 Å². The van der Waals surface area contributed by atoms with Crippen LogP contribution in [0.25, 0.3) is 0 Å². The summed E-state index contributed by atoms with van der Waals surface area (Å²) in [6.07, 6.45) is -0.116. The van der Waals surface area contributed by atoms with Crippen LogP contribution < -0.4 is 5.32 Å². The lowest BCUT2D eigenvalue weighted by Gasteiger charge is -2.14. The Bertz CT molecular complexity index is 193. The van der Waals surface area contributed by atoms with Crippen LogP contribution in [-0.2, 0) is 9.53 Å². The van der Waals surface area contributed by atoms with Crippen LogP contribution in [-0.4, -0.2) is 36.9 Å². The van der Waals surface area contributed by atoms with Crippen molar-refractivity contribution in [3.63, 3.8) is 0 Å². The molecule has 16 heavy (non-hydrogen) atoms. The Kier molecular flexibility index (Phi) is 8.21. The van der Waals surface area contributed by atoms with Gasteiger partial charge in [-0.05, 0) is 11.8 Å². The Morgan fingerprint density at radius 3 is 2.31 bits per heavy atom. The Balaban J connectivity index is 3.49. The number of rotatable bonds is 8. The third-order valence-electron chi connectivity index (χ3n) is 1.89. The van der Waals surface area contributed by atoms with Crippen molar-refractivity contribution in [2.45, 2.75) is 40.2 Å². The summed E-state index contributed by atoms with van der Waals surface area (Å²) in [4.78, 5) is 11.3. The van der Waals surface area contributed by atoms with Gasteiger partial charge in [-0.25, -0.2) is 0 Å². The summed E-state index contributed by atoms with van der Waals surface area (Å²) in [7, 11) is 0. The average molecular weight is 231 g/mol. The molecule has 0 bridgehead atoms. The minimum absolute atomic E-state index is 0.0158. The molecule has 0 saturated heterocycles. The fraction of sp³-hybridized carbons (Fsp3) is 0.917. The van der Waals surface area contributed by atoms with Crippen molar-refractivity contribution in [3.05, 3.63) is 0 Å². The van der Waals surface area contributed by atoms with Gasteiger partial charge in [0, 0.05) is 19.6 Å². The topological polar surface area (TPSA) is 58.6 Å². The molecule has 0 aliphatic rings. The second-order valence-electron chi connectivity index (χ2n) is 4.99. The third kappa shape index (κ3) is 9.93. The molecule has 4 heteroatoms. The Labute approximate surface area is 98.4 Å². The van der Waals surface area contributed by atoms with Crippen LogP contribution in [0, 0.1) is 11.8 Å². The van der Waals surface area contributed by atoms with E-state index in [2.05, 4.69) is 19.2 Å². The Morgan fingerprint density at radius 1 is 1.19 bits per heavy atom. The molecule has 0 fully saturated rings. The minimum Gasteiger partial charge on any atom is -0.389 e. The Morgan fingerprint density at radius 2 is 1.81 bits per heavy atom. The third-order valence-corrected chi connectivity index (χ3v) is 1.89. The number of hydrogen-bond donors (Lipinski definition) is 2. The molecular weight excluding hydrogens is 206 g/mol. The van der Waals surface area contributed by atoms with Crippen molar-refractivity contribution in [3.8, 4) is 0 Å². The molecule has 1 atom stereocenters. The predicted octanol–water partition coefficient (Wildman–Crippen LogP) is 1.18. The molecule has 0 spiro atoms. The first-order valence-corrected chi connectivity index (χ1v) is 5.94. The summed E-state index contributed by atoms with van der Waals surface area (Å²) in [5, 5.41) is 12.2. The molecule has 0 aliphatic heterocycles. The van der Waals surface area contributed by atoms with E-state index >= 15 is 0 Å². The zero-order valence-electron chi connectivity index (χ0n) is 10.8. The second-order valence-corrected chi connectivity index (χ2v) is 4.99. The van der Waals surface area contributed by atoms with Gasteiger partial charge in [0.15, 0.2) is 0 Å². The van der Waals surface area contributed by atoms with E-state index in [1.54, 1.807) is 0 Å². The van der Waals surface area contributed by atoms with Crippen molar-refractivity contribution in [1.82, 2.24) is 5.32 Å². The summed E-state index contributed by atoms with van der Waals surface area (Å²) < 4.78 is 5.27. The lowest BCUT2D eigenvalue weighted by atomic mass is 10.1. The molecule has 1 unspecified atom stereocenters. The summed E-state index contributed by atoms with van der Waals surface area (Å²) in [6.45, 7) is 9.26. The normalized spacial score (nSPS) is 13.2. The molecular formula is C12H25NO3. The lowest BCUT2D eigenvalue weighted by Crippen LogP contribution is -2.35. The highest BCUT2D eigenvalue weighted by atomic mass is 16.5. The maximum Gasteiger partial charge on any atom is 0.220 e. The van der Waals surface area contributed by atoms with Crippen LogP contribution in [0.3, 0.4) is 0 Å². The van der Waals surface area contributed by atoms with E-state index in [1.807, 2.05) is 13.8 Å². The number of carbonyl (C=O) groups excluding carboxylic acids is 1. The molecule has 4 nitrogen and oxygen atoms in total. The highest BCUT2D eigenvalue weighted by Gasteiger charge is 2.08. The molecule has 2 N–H and O–H groups in total. The number of nitrogens with one attached hydrogen (secondary N) is 1. The van der Waals surface area contributed by atoms with E-state index < -0.39 is 6.10 Å². The fourth-order valence-corrected chi connectivity index (χ4v) is 1.17. The second kappa shape index (κ2) is 8.53. The maximum atomic E-state index is 11.3. The van der Waals surface area contributed by atoms with E-state index in [4.69, 9.17) is 4.74 Å². The zero-order valence-corrected chi connectivity index (χ0v) is 10.8. The maximum absolute atomic E-state index is 11.3. The van der Waals surface area contributed by atoms with Gasteiger partial charge in [0.05, 0.1) is 12.7 Å². The number of ether oxygens (including phenoxy) is 1. The standard InChI is InChI=1S/C12H25NO3/c1-9(2)5-12(15)13-6-11(14)8-16-7-10(3)4/h9-11,14H,5-8H2,1-4H3,(H,13,15). The van der Waals surface area contributed by atoms with Gasteiger partial charge >= 0.3 is 0 Å². The molecule has 0 aromatic heterocycles. The van der Waals surface area contributed by atoms with Crippen molar-refractivity contribution < 1.29 is 14.6 Å². The number of aliphatic hydroxyl groups is 1. The lowest BCUT2D eigenvalue weighted by molar-refractivity contribution is -0.122. The highest BCUT2D eigenvalue weighted by Crippen LogP contribution is 1.98. The minimum atomic E-state index is -0.616.